The Kier molecular flexibility index (Phi) is 5.32. The molecule has 0 spiro atoms. The van der Waals surface area contributed by atoms with Gasteiger partial charge in [0.2, 0.25) is 0 Å². The van der Waals surface area contributed by atoms with Gasteiger partial charge in [-0.15, -0.1) is 0 Å². The van der Waals surface area contributed by atoms with Crippen molar-refractivity contribution in [2.24, 2.45) is 0 Å². The van der Waals surface area contributed by atoms with Gasteiger partial charge < -0.3 is 0 Å². The summed E-state index contributed by atoms with van der Waals surface area (Å²) in [6.45, 7) is 1.91. The average molecular weight is 451 g/mol. The largest absolute Gasteiger partial charge is 0.264 e. The molecule has 4 aromatic carbocycles. The van der Waals surface area contributed by atoms with Crippen LogP contribution in [0.2, 0.25) is 0 Å². The fourth-order valence-corrected chi connectivity index (χ4v) is 4.36. The molecule has 0 aliphatic heterocycles. The Bertz CT molecular complexity index is 1620. The smallest absolute Gasteiger partial charge is 0.163 e. The molecule has 0 aliphatic rings. The fraction of sp³-hybridized carbons (Fsp3) is 0.0323. The molecule has 4 heteroatoms. The number of aromatic nitrogens is 4. The van der Waals surface area contributed by atoms with E-state index in [1.165, 1.54) is 21.9 Å². The molecule has 4 nitrogen and oxygen atoms in total. The summed E-state index contributed by atoms with van der Waals surface area (Å²) in [6.07, 6.45) is 3.64. The molecule has 0 saturated heterocycles. The molecule has 6 rings (SSSR count). The van der Waals surface area contributed by atoms with Gasteiger partial charge in [0.25, 0.3) is 0 Å². The first-order valence-corrected chi connectivity index (χ1v) is 11.6. The van der Waals surface area contributed by atoms with Crippen molar-refractivity contribution in [3.63, 3.8) is 0 Å². The lowest BCUT2D eigenvalue weighted by molar-refractivity contribution is 0.992. The second-order valence-electron chi connectivity index (χ2n) is 8.45. The van der Waals surface area contributed by atoms with E-state index >= 15 is 0 Å². The first-order chi connectivity index (χ1) is 17.2. The maximum Gasteiger partial charge on any atom is 0.163 e. The molecule has 0 aliphatic carbocycles. The summed E-state index contributed by atoms with van der Waals surface area (Å²) < 4.78 is 0. The Morgan fingerprint density at radius 3 is 1.80 bits per heavy atom. The zero-order valence-electron chi connectivity index (χ0n) is 19.3. The van der Waals surface area contributed by atoms with E-state index < -0.39 is 0 Å². The molecule has 0 fully saturated rings. The molecule has 35 heavy (non-hydrogen) atoms. The van der Waals surface area contributed by atoms with Gasteiger partial charge >= 0.3 is 0 Å². The molecular formula is C31H22N4. The molecule has 2 heterocycles. The highest BCUT2D eigenvalue weighted by Crippen LogP contribution is 2.30. The van der Waals surface area contributed by atoms with E-state index in [4.69, 9.17) is 4.98 Å². The van der Waals surface area contributed by atoms with Crippen LogP contribution in [0.5, 0.6) is 0 Å². The highest BCUT2D eigenvalue weighted by molar-refractivity contribution is 5.96. The molecule has 0 radical (unpaired) electrons. The van der Waals surface area contributed by atoms with Gasteiger partial charge in [-0.25, -0.2) is 15.0 Å². The summed E-state index contributed by atoms with van der Waals surface area (Å²) in [6, 6.07) is 35.6. The minimum absolute atomic E-state index is 0.670. The van der Waals surface area contributed by atoms with E-state index in [2.05, 4.69) is 99.9 Å². The number of nitrogens with zero attached hydrogens (tertiary/aromatic N) is 4. The van der Waals surface area contributed by atoms with Crippen LogP contribution in [0.25, 0.3) is 55.8 Å². The Labute approximate surface area is 204 Å². The third-order valence-corrected chi connectivity index (χ3v) is 6.13. The van der Waals surface area contributed by atoms with Crippen molar-refractivity contribution in [2.75, 3.05) is 0 Å². The van der Waals surface area contributed by atoms with Crippen LogP contribution in [0, 0.1) is 6.92 Å². The zero-order chi connectivity index (χ0) is 23.6. The van der Waals surface area contributed by atoms with Gasteiger partial charge in [0.1, 0.15) is 5.82 Å². The standard InChI is InChI=1S/C31H22N4/c1-21-33-30(25-15-11-22(12-16-25)27-8-5-19-32-20-27)35-31(34-21)26-17-13-24(14-18-26)29-10-4-7-23-6-2-3-9-28(23)29/h2-20H,1H3. The normalized spacial score (nSPS) is 11.0. The second-order valence-corrected chi connectivity index (χ2v) is 8.45. The predicted octanol–water partition coefficient (Wildman–Crippen LogP) is 7.40. The van der Waals surface area contributed by atoms with Crippen molar-refractivity contribution in [2.45, 2.75) is 6.92 Å². The van der Waals surface area contributed by atoms with Crippen LogP contribution in [-0.4, -0.2) is 19.9 Å². The van der Waals surface area contributed by atoms with Gasteiger partial charge in [-0.05, 0) is 46.0 Å². The van der Waals surface area contributed by atoms with Crippen molar-refractivity contribution in [3.05, 3.63) is 121 Å². The van der Waals surface area contributed by atoms with E-state index in [1.54, 1.807) is 6.20 Å². The number of benzene rings is 4. The highest BCUT2D eigenvalue weighted by atomic mass is 15.0. The Morgan fingerprint density at radius 1 is 0.486 bits per heavy atom. The van der Waals surface area contributed by atoms with Crippen LogP contribution in [0.15, 0.2) is 116 Å². The second kappa shape index (κ2) is 8.92. The van der Waals surface area contributed by atoms with Crippen molar-refractivity contribution < 1.29 is 0 Å². The number of hydrogen-bond acceptors (Lipinski definition) is 4. The Morgan fingerprint density at radius 2 is 1.11 bits per heavy atom. The third-order valence-electron chi connectivity index (χ3n) is 6.13. The van der Waals surface area contributed by atoms with E-state index in [9.17, 15) is 0 Å². The lowest BCUT2D eigenvalue weighted by Gasteiger charge is -2.09. The number of rotatable bonds is 4. The van der Waals surface area contributed by atoms with Crippen molar-refractivity contribution in [1.82, 2.24) is 19.9 Å². The summed E-state index contributed by atoms with van der Waals surface area (Å²) in [5.74, 6) is 2.04. The summed E-state index contributed by atoms with van der Waals surface area (Å²) in [7, 11) is 0. The number of fused-ring (bicyclic) bond motifs is 1. The fourth-order valence-electron chi connectivity index (χ4n) is 4.36. The number of pyridine rings is 1. The highest BCUT2D eigenvalue weighted by Gasteiger charge is 2.10. The number of hydrogen-bond donors (Lipinski definition) is 0. The van der Waals surface area contributed by atoms with Crippen LogP contribution >= 0.6 is 0 Å². The molecule has 0 amide bonds. The van der Waals surface area contributed by atoms with Gasteiger partial charge in [-0.2, -0.15) is 0 Å². The average Bonchev–Trinajstić information content (AvgIpc) is 2.93. The summed E-state index contributed by atoms with van der Waals surface area (Å²) in [5, 5.41) is 2.48. The lowest BCUT2D eigenvalue weighted by atomic mass is 9.97. The van der Waals surface area contributed by atoms with Gasteiger partial charge in [-0.1, -0.05) is 97.1 Å². The van der Waals surface area contributed by atoms with E-state index in [0.717, 1.165) is 22.3 Å². The SMILES string of the molecule is Cc1nc(-c2ccc(-c3cccnc3)cc2)nc(-c2ccc(-c3cccc4ccccc34)cc2)n1. The Balaban J connectivity index is 1.33. The monoisotopic (exact) mass is 450 g/mol. The van der Waals surface area contributed by atoms with Crippen LogP contribution in [-0.2, 0) is 0 Å². The van der Waals surface area contributed by atoms with Crippen LogP contribution in [0.4, 0.5) is 0 Å². The molecule has 0 atom stereocenters. The van der Waals surface area contributed by atoms with Crippen molar-refractivity contribution in [1.29, 1.82) is 0 Å². The molecule has 0 bridgehead atoms. The molecule has 2 aromatic heterocycles. The minimum atomic E-state index is 0.670. The van der Waals surface area contributed by atoms with Crippen molar-refractivity contribution in [3.8, 4) is 45.0 Å². The van der Waals surface area contributed by atoms with Crippen LogP contribution in [0.3, 0.4) is 0 Å². The van der Waals surface area contributed by atoms with E-state index in [-0.39, 0.29) is 0 Å². The molecule has 0 N–H and O–H groups in total. The number of aryl methyl sites for hydroxylation is 1. The summed E-state index contributed by atoms with van der Waals surface area (Å²) in [5.41, 5.74) is 6.50. The topological polar surface area (TPSA) is 51.6 Å². The van der Waals surface area contributed by atoms with Gasteiger partial charge in [-0.3, -0.25) is 4.98 Å². The quantitative estimate of drug-likeness (QED) is 0.281. The maximum atomic E-state index is 4.79. The minimum Gasteiger partial charge on any atom is -0.264 e. The van der Waals surface area contributed by atoms with Gasteiger partial charge in [0, 0.05) is 23.5 Å². The molecule has 6 aromatic rings. The lowest BCUT2D eigenvalue weighted by Crippen LogP contribution is -1.99. The van der Waals surface area contributed by atoms with Crippen LogP contribution in [0.1, 0.15) is 5.82 Å². The van der Waals surface area contributed by atoms with E-state index in [1.807, 2.05) is 31.3 Å². The molecule has 0 unspecified atom stereocenters. The first kappa shape index (κ1) is 20.9. The predicted molar refractivity (Wildman–Crippen MR) is 142 cm³/mol. The van der Waals surface area contributed by atoms with Gasteiger partial charge in [0.05, 0.1) is 0 Å². The zero-order valence-corrected chi connectivity index (χ0v) is 19.3. The molecule has 166 valence electrons. The van der Waals surface area contributed by atoms with Gasteiger partial charge in [0.15, 0.2) is 11.6 Å². The third kappa shape index (κ3) is 4.18. The van der Waals surface area contributed by atoms with Crippen LogP contribution < -0.4 is 0 Å². The molecule has 0 saturated carbocycles. The van der Waals surface area contributed by atoms with Crippen molar-refractivity contribution >= 4 is 10.8 Å². The first-order valence-electron chi connectivity index (χ1n) is 11.6. The van der Waals surface area contributed by atoms with E-state index in [0.29, 0.717) is 17.5 Å². The summed E-state index contributed by atoms with van der Waals surface area (Å²) in [4.78, 5) is 18.2. The Hall–Kier alpha value is -4.70. The molecular weight excluding hydrogens is 428 g/mol. The summed E-state index contributed by atoms with van der Waals surface area (Å²) >= 11 is 0. The maximum absolute atomic E-state index is 4.79.